The van der Waals surface area contributed by atoms with Crippen molar-refractivity contribution < 1.29 is 60.5 Å². The summed E-state index contributed by atoms with van der Waals surface area (Å²) in [6.07, 6.45) is -10.5. The largest absolute Gasteiger partial charge is 0.505 e. The lowest BCUT2D eigenvalue weighted by Gasteiger charge is -2.52. The number of nitrogens with zero attached hydrogens (tertiary/aromatic N) is 2. The second-order valence-electron chi connectivity index (χ2n) is 13.2. The van der Waals surface area contributed by atoms with Crippen LogP contribution in [0, 0.1) is 23.7 Å². The number of rotatable bonds is 5. The number of halogens is 6. The molecule has 2 aromatic rings. The van der Waals surface area contributed by atoms with Gasteiger partial charge in [0.25, 0.3) is 0 Å². The predicted molar refractivity (Wildman–Crippen MR) is 172 cm³/mol. The van der Waals surface area contributed by atoms with Gasteiger partial charge in [-0.05, 0) is 74.9 Å². The molecular formula is C32H31F6N5O7S. The van der Waals surface area contributed by atoms with Gasteiger partial charge in [-0.2, -0.15) is 26.3 Å². The lowest BCUT2D eigenvalue weighted by Crippen LogP contribution is -2.74. The van der Waals surface area contributed by atoms with Crippen molar-refractivity contribution in [3.05, 3.63) is 46.5 Å². The van der Waals surface area contributed by atoms with Gasteiger partial charge in [-0.1, -0.05) is 0 Å². The highest BCUT2D eigenvalue weighted by Crippen LogP contribution is 2.53. The van der Waals surface area contributed by atoms with Crippen molar-refractivity contribution in [1.29, 1.82) is 0 Å². The average molecular weight is 744 g/mol. The smallest absolute Gasteiger partial charge is 0.416 e. The van der Waals surface area contributed by atoms with Gasteiger partial charge in [0.1, 0.15) is 5.75 Å². The maximum Gasteiger partial charge on any atom is 0.416 e. The van der Waals surface area contributed by atoms with Gasteiger partial charge in [-0.3, -0.25) is 28.9 Å². The molecule has 3 aliphatic carbocycles. The van der Waals surface area contributed by atoms with Gasteiger partial charge in [0.2, 0.25) is 5.91 Å². The van der Waals surface area contributed by atoms with Gasteiger partial charge in [0.15, 0.2) is 39.8 Å². The topological polar surface area (TPSA) is 182 Å². The molecule has 2 fully saturated rings. The molecule has 51 heavy (non-hydrogen) atoms. The Morgan fingerprint density at radius 2 is 1.51 bits per heavy atom. The number of benzene rings is 2. The second-order valence-corrected chi connectivity index (χ2v) is 13.6. The minimum absolute atomic E-state index is 0.0691. The van der Waals surface area contributed by atoms with E-state index in [4.69, 9.17) is 18.0 Å². The molecule has 12 nitrogen and oxygen atoms in total. The summed E-state index contributed by atoms with van der Waals surface area (Å²) >= 11 is 5.13. The zero-order valence-corrected chi connectivity index (χ0v) is 28.0. The monoisotopic (exact) mass is 743 g/mol. The van der Waals surface area contributed by atoms with Crippen LogP contribution in [0.3, 0.4) is 0 Å². The van der Waals surface area contributed by atoms with E-state index in [-0.39, 0.29) is 30.2 Å². The van der Waals surface area contributed by atoms with E-state index in [9.17, 15) is 60.5 Å². The zero-order chi connectivity index (χ0) is 38.3. The summed E-state index contributed by atoms with van der Waals surface area (Å²) in [5.41, 5.74) is -1.77. The maximum absolute atomic E-state index is 14.2. The first-order valence-corrected chi connectivity index (χ1v) is 15.6. The van der Waals surface area contributed by atoms with Gasteiger partial charge in [0, 0.05) is 31.4 Å². The molecule has 2 saturated carbocycles. The number of fused-ring (bicyclic) bond motifs is 3. The molecule has 274 valence electrons. The van der Waals surface area contributed by atoms with Crippen LogP contribution in [0.4, 0.5) is 43.4 Å². The van der Waals surface area contributed by atoms with E-state index in [2.05, 4.69) is 10.6 Å². The normalized spacial score (nSPS) is 26.3. The Balaban J connectivity index is 1.55. The molecule has 2 unspecified atom stereocenters. The van der Waals surface area contributed by atoms with Crippen molar-refractivity contribution >= 4 is 63.4 Å². The van der Waals surface area contributed by atoms with E-state index in [0.29, 0.717) is 17.8 Å². The van der Waals surface area contributed by atoms with Crippen molar-refractivity contribution in [1.82, 2.24) is 4.90 Å². The molecule has 1 amide bonds. The Bertz CT molecular complexity index is 1870. The predicted octanol–water partition coefficient (Wildman–Crippen LogP) is 2.78. The van der Waals surface area contributed by atoms with Crippen LogP contribution in [0.25, 0.3) is 0 Å². The maximum atomic E-state index is 14.2. The summed E-state index contributed by atoms with van der Waals surface area (Å²) in [6.45, 7) is 0. The number of Topliss-reactive ketones (excluding diaryl/α,β-unsaturated/α-hetero) is 4. The zero-order valence-electron chi connectivity index (χ0n) is 27.2. The quantitative estimate of drug-likeness (QED) is 0.131. The minimum atomic E-state index is -5.14. The highest BCUT2D eigenvalue weighted by molar-refractivity contribution is 7.80. The molecule has 0 heterocycles. The van der Waals surface area contributed by atoms with Crippen LogP contribution in [0.1, 0.15) is 33.5 Å². The first kappa shape index (κ1) is 37.6. The van der Waals surface area contributed by atoms with Crippen LogP contribution in [-0.4, -0.2) is 89.1 Å². The van der Waals surface area contributed by atoms with Crippen molar-refractivity contribution in [3.63, 3.8) is 0 Å². The molecule has 19 heteroatoms. The van der Waals surface area contributed by atoms with E-state index in [1.54, 1.807) is 14.1 Å². The van der Waals surface area contributed by atoms with Crippen LogP contribution in [-0.2, 0) is 38.0 Å². The number of carbonyl (C=O) groups excluding carboxylic acids is 5. The number of ketones is 4. The summed E-state index contributed by atoms with van der Waals surface area (Å²) in [5, 5.41) is 27.3. The number of phenols is 1. The lowest BCUT2D eigenvalue weighted by molar-refractivity contribution is -0.181. The number of primary amides is 1. The Morgan fingerprint density at radius 1 is 0.941 bits per heavy atom. The Labute approximate surface area is 290 Å². The summed E-state index contributed by atoms with van der Waals surface area (Å²) in [5.74, 6) is -12.9. The third-order valence-corrected chi connectivity index (χ3v) is 9.82. The summed E-state index contributed by atoms with van der Waals surface area (Å²) in [4.78, 5) is 70.1. The van der Waals surface area contributed by atoms with E-state index >= 15 is 0 Å². The Morgan fingerprint density at radius 3 is 2.00 bits per heavy atom. The van der Waals surface area contributed by atoms with Gasteiger partial charge in [-0.15, -0.1) is 0 Å². The average Bonchev–Trinajstić information content (AvgIpc) is 2.98. The van der Waals surface area contributed by atoms with E-state index in [1.165, 1.54) is 30.0 Å². The first-order valence-electron chi connectivity index (χ1n) is 15.2. The molecule has 5 rings (SSSR count). The molecule has 0 radical (unpaired) electrons. The molecule has 2 aromatic carbocycles. The number of nitrogens with one attached hydrogen (secondary N) is 2. The number of amides is 1. The first-order chi connectivity index (χ1) is 23.4. The van der Waals surface area contributed by atoms with Crippen LogP contribution >= 0.6 is 12.2 Å². The van der Waals surface area contributed by atoms with Crippen molar-refractivity contribution in [2.24, 2.45) is 29.4 Å². The SMILES string of the molecule is CN(C)c1cc(NC(=S)Nc2cc(C(F)(F)F)cc(C(F)(F)F)c2)c(O)c2c1C[C@H]1C[C@H]3[C@H](N(C)C)C(=O)C(C(N)=O)C(=O)[C@@]3(O)C(=O)C1C2=O. The Hall–Kier alpha value is -4.62. The lowest BCUT2D eigenvalue weighted by atomic mass is 9.52. The Kier molecular flexibility index (Phi) is 9.26. The minimum Gasteiger partial charge on any atom is -0.505 e. The molecule has 6 N–H and O–H groups in total. The summed E-state index contributed by atoms with van der Waals surface area (Å²) in [6, 6.07) is 0.732. The molecule has 6 atom stereocenters. The molecule has 0 spiro atoms. The summed E-state index contributed by atoms with van der Waals surface area (Å²) < 4.78 is 80.3. The van der Waals surface area contributed by atoms with E-state index in [1.807, 2.05) is 0 Å². The number of hydrogen-bond donors (Lipinski definition) is 5. The third kappa shape index (κ3) is 6.20. The number of anilines is 3. The highest BCUT2D eigenvalue weighted by Gasteiger charge is 2.69. The molecule has 3 aliphatic rings. The molecule has 0 aromatic heterocycles. The van der Waals surface area contributed by atoms with E-state index < -0.39 is 110 Å². The summed E-state index contributed by atoms with van der Waals surface area (Å²) in [7, 11) is 6.04. The van der Waals surface area contributed by atoms with Crippen LogP contribution in [0.2, 0.25) is 0 Å². The fraction of sp³-hybridized carbons (Fsp3) is 0.438. The number of nitrogens with two attached hydrogens (primary N) is 1. The molecule has 0 aliphatic heterocycles. The fourth-order valence-electron chi connectivity index (χ4n) is 7.46. The van der Waals surface area contributed by atoms with Crippen molar-refractivity contribution in [3.8, 4) is 5.75 Å². The number of carbonyl (C=O) groups is 5. The molecule has 0 saturated heterocycles. The highest BCUT2D eigenvalue weighted by atomic mass is 32.1. The number of alkyl halides is 6. The number of likely N-dealkylation sites (N-methyl/N-ethyl adjacent to an activating group) is 1. The molecule has 0 bridgehead atoms. The van der Waals surface area contributed by atoms with Crippen LogP contribution in [0.15, 0.2) is 24.3 Å². The number of thiocarbonyl (C=S) groups is 1. The number of aliphatic hydroxyl groups is 1. The second kappa shape index (κ2) is 12.6. The number of hydrogen-bond acceptors (Lipinski definition) is 10. The van der Waals surface area contributed by atoms with Crippen LogP contribution < -0.4 is 21.3 Å². The van der Waals surface area contributed by atoms with Crippen molar-refractivity contribution in [2.45, 2.75) is 36.8 Å². The van der Waals surface area contributed by atoms with E-state index in [0.717, 1.165) is 0 Å². The van der Waals surface area contributed by atoms with Gasteiger partial charge < -0.3 is 31.5 Å². The number of phenolic OH excluding ortho intramolecular Hbond substituents is 1. The third-order valence-electron chi connectivity index (χ3n) is 9.61. The van der Waals surface area contributed by atoms with Crippen LogP contribution in [0.5, 0.6) is 5.75 Å². The standard InChI is InChI=1S/C32H31F6N5O7S/c1-42(2)18-10-17(41-29(51)40-14-8-12(31(33,34)35)7-13(9-14)32(36,37)38)23(44)20-15(18)5-11-6-16-22(43(3)4)25(46)21(28(39)49)27(48)30(16,50)26(47)19(11)24(20)45/h7-11,16,19,21-22,44,50H,5-6H2,1-4H3,(H2,39,49)(H2,40,41,51)/t11-,16-,19?,21?,22-,30-/m0/s1. The van der Waals surface area contributed by atoms with Gasteiger partial charge in [0.05, 0.1) is 34.3 Å². The van der Waals surface area contributed by atoms with Gasteiger partial charge >= 0.3 is 12.4 Å². The van der Waals surface area contributed by atoms with Crippen molar-refractivity contribution in [2.75, 3.05) is 43.7 Å². The fourth-order valence-corrected chi connectivity index (χ4v) is 7.69. The number of aromatic hydroxyl groups is 1. The molecular weight excluding hydrogens is 712 g/mol. The van der Waals surface area contributed by atoms with Gasteiger partial charge in [-0.25, -0.2) is 0 Å².